The second kappa shape index (κ2) is 7.78. The highest BCUT2D eigenvalue weighted by Crippen LogP contribution is 2.11. The number of primary amides is 1. The van der Waals surface area contributed by atoms with Crippen molar-refractivity contribution in [1.82, 2.24) is 5.32 Å². The third-order valence-electron chi connectivity index (χ3n) is 2.67. The molecule has 1 aromatic rings. The van der Waals surface area contributed by atoms with Gasteiger partial charge in [0.25, 0.3) is 11.8 Å². The Balaban J connectivity index is 2.73. The fraction of sp³-hybridized carbons (Fsp3) is 0.357. The van der Waals surface area contributed by atoms with E-state index in [0.717, 1.165) is 4.47 Å². The lowest BCUT2D eigenvalue weighted by molar-refractivity contribution is -0.150. The molecule has 0 spiro atoms. The molecule has 1 atom stereocenters. The fourth-order valence-electron chi connectivity index (χ4n) is 1.56. The lowest BCUT2D eigenvalue weighted by atomic mass is 10.0. The predicted molar refractivity (Wildman–Crippen MR) is 80.4 cm³/mol. The molecular formula is C14H17BrN2O4. The second-order valence-corrected chi connectivity index (χ2v) is 5.69. The third-order valence-corrected chi connectivity index (χ3v) is 3.20. The molecular weight excluding hydrogens is 340 g/mol. The Bertz CT molecular complexity index is 528. The van der Waals surface area contributed by atoms with Crippen LogP contribution < -0.4 is 11.1 Å². The molecule has 7 heteroatoms. The first-order valence-electron chi connectivity index (χ1n) is 6.32. The average molecular weight is 357 g/mol. The van der Waals surface area contributed by atoms with Gasteiger partial charge >= 0.3 is 5.97 Å². The Kier molecular flexibility index (Phi) is 6.36. The molecule has 3 N–H and O–H groups in total. The predicted octanol–water partition coefficient (Wildman–Crippen LogP) is 1.23. The maximum atomic E-state index is 12.1. The van der Waals surface area contributed by atoms with Gasteiger partial charge < -0.3 is 15.8 Å². The lowest BCUT2D eigenvalue weighted by Crippen LogP contribution is -2.46. The van der Waals surface area contributed by atoms with E-state index in [1.165, 1.54) is 0 Å². The Morgan fingerprint density at radius 3 is 2.29 bits per heavy atom. The van der Waals surface area contributed by atoms with Crippen molar-refractivity contribution in [3.63, 3.8) is 0 Å². The van der Waals surface area contributed by atoms with E-state index in [9.17, 15) is 14.4 Å². The van der Waals surface area contributed by atoms with Crippen molar-refractivity contribution in [3.8, 4) is 0 Å². The zero-order chi connectivity index (χ0) is 16.0. The summed E-state index contributed by atoms with van der Waals surface area (Å²) in [5.74, 6) is -2.01. The van der Waals surface area contributed by atoms with Crippen molar-refractivity contribution >= 4 is 33.7 Å². The van der Waals surface area contributed by atoms with E-state index in [-0.39, 0.29) is 5.92 Å². The number of hydrogen-bond acceptors (Lipinski definition) is 4. The van der Waals surface area contributed by atoms with Gasteiger partial charge in [0.2, 0.25) is 0 Å². The van der Waals surface area contributed by atoms with Crippen LogP contribution in [0.15, 0.2) is 28.7 Å². The summed E-state index contributed by atoms with van der Waals surface area (Å²) in [6, 6.07) is 5.87. The molecule has 0 aliphatic heterocycles. The van der Waals surface area contributed by atoms with Crippen LogP contribution in [0, 0.1) is 5.92 Å². The van der Waals surface area contributed by atoms with Crippen molar-refractivity contribution in [2.75, 3.05) is 6.61 Å². The van der Waals surface area contributed by atoms with Crippen LogP contribution in [-0.2, 0) is 14.3 Å². The highest BCUT2D eigenvalue weighted by atomic mass is 79.9. The van der Waals surface area contributed by atoms with Crippen LogP contribution in [0.5, 0.6) is 0 Å². The summed E-state index contributed by atoms with van der Waals surface area (Å²) in [6.45, 7) is 3.02. The van der Waals surface area contributed by atoms with E-state index in [1.54, 1.807) is 38.1 Å². The van der Waals surface area contributed by atoms with Gasteiger partial charge in [-0.1, -0.05) is 29.8 Å². The summed E-state index contributed by atoms with van der Waals surface area (Å²) in [7, 11) is 0. The van der Waals surface area contributed by atoms with Crippen LogP contribution in [0.2, 0.25) is 0 Å². The fourth-order valence-corrected chi connectivity index (χ4v) is 1.82. The number of nitrogens with one attached hydrogen (secondary N) is 1. The first kappa shape index (κ1) is 17.2. The third kappa shape index (κ3) is 5.55. The number of esters is 1. The standard InChI is InChI=1S/C14H17BrN2O4/c1-8(2)12(14(20)21-7-11(16)18)17-13(19)9-3-5-10(15)6-4-9/h3-6,8,12H,7H2,1-2H3,(H2,16,18)(H,17,19)/t12-/m0/s1. The Hall–Kier alpha value is -1.89. The molecule has 1 aromatic carbocycles. The number of amides is 2. The number of nitrogens with two attached hydrogens (primary N) is 1. The lowest BCUT2D eigenvalue weighted by Gasteiger charge is -2.20. The molecule has 0 heterocycles. The van der Waals surface area contributed by atoms with E-state index in [0.29, 0.717) is 5.56 Å². The van der Waals surface area contributed by atoms with Gasteiger partial charge in [-0.15, -0.1) is 0 Å². The number of rotatable bonds is 6. The minimum Gasteiger partial charge on any atom is -0.454 e. The van der Waals surface area contributed by atoms with Gasteiger partial charge in [0.1, 0.15) is 6.04 Å². The number of carbonyl (C=O) groups is 3. The largest absolute Gasteiger partial charge is 0.454 e. The summed E-state index contributed by atoms with van der Waals surface area (Å²) < 4.78 is 5.59. The van der Waals surface area contributed by atoms with Gasteiger partial charge in [-0.2, -0.15) is 0 Å². The Labute approximate surface area is 131 Å². The van der Waals surface area contributed by atoms with Crippen molar-refractivity contribution in [3.05, 3.63) is 34.3 Å². The van der Waals surface area contributed by atoms with Crippen molar-refractivity contribution in [2.24, 2.45) is 11.7 Å². The molecule has 2 amide bonds. The van der Waals surface area contributed by atoms with Crippen LogP contribution >= 0.6 is 15.9 Å². The Morgan fingerprint density at radius 1 is 1.24 bits per heavy atom. The average Bonchev–Trinajstić information content (AvgIpc) is 2.42. The molecule has 0 bridgehead atoms. The summed E-state index contributed by atoms with van der Waals surface area (Å²) in [4.78, 5) is 34.6. The summed E-state index contributed by atoms with van der Waals surface area (Å²) >= 11 is 3.28. The number of carbonyl (C=O) groups excluding carboxylic acids is 3. The zero-order valence-corrected chi connectivity index (χ0v) is 13.3. The molecule has 0 fully saturated rings. The molecule has 0 aromatic heterocycles. The van der Waals surface area contributed by atoms with Gasteiger partial charge in [0.05, 0.1) is 0 Å². The topological polar surface area (TPSA) is 98.5 Å². The summed E-state index contributed by atoms with van der Waals surface area (Å²) in [6.07, 6.45) is 0. The molecule has 0 aliphatic rings. The quantitative estimate of drug-likeness (QED) is 0.748. The molecule has 0 saturated carbocycles. The monoisotopic (exact) mass is 356 g/mol. The van der Waals surface area contributed by atoms with Gasteiger partial charge in [-0.25, -0.2) is 4.79 Å². The van der Waals surface area contributed by atoms with Crippen LogP contribution in [0.1, 0.15) is 24.2 Å². The number of hydrogen-bond donors (Lipinski definition) is 2. The first-order chi connectivity index (χ1) is 9.81. The van der Waals surface area contributed by atoms with E-state index in [4.69, 9.17) is 10.5 Å². The van der Waals surface area contributed by atoms with E-state index in [1.807, 2.05) is 0 Å². The van der Waals surface area contributed by atoms with Crippen LogP contribution in [0.4, 0.5) is 0 Å². The van der Waals surface area contributed by atoms with Crippen molar-refractivity contribution < 1.29 is 19.1 Å². The van der Waals surface area contributed by atoms with Gasteiger partial charge in [0, 0.05) is 10.0 Å². The normalized spacial score (nSPS) is 11.8. The highest BCUT2D eigenvalue weighted by molar-refractivity contribution is 9.10. The van der Waals surface area contributed by atoms with Crippen LogP contribution in [0.25, 0.3) is 0 Å². The molecule has 0 unspecified atom stereocenters. The van der Waals surface area contributed by atoms with Crippen molar-refractivity contribution in [1.29, 1.82) is 0 Å². The summed E-state index contributed by atoms with van der Waals surface area (Å²) in [5.41, 5.74) is 5.34. The molecule has 1 rings (SSSR count). The molecule has 0 aliphatic carbocycles. The smallest absolute Gasteiger partial charge is 0.329 e. The SMILES string of the molecule is CC(C)[C@H](NC(=O)c1ccc(Br)cc1)C(=O)OCC(N)=O. The van der Waals surface area contributed by atoms with E-state index >= 15 is 0 Å². The highest BCUT2D eigenvalue weighted by Gasteiger charge is 2.26. The van der Waals surface area contributed by atoms with E-state index in [2.05, 4.69) is 21.2 Å². The zero-order valence-electron chi connectivity index (χ0n) is 11.8. The van der Waals surface area contributed by atoms with Crippen LogP contribution in [0.3, 0.4) is 0 Å². The molecule has 21 heavy (non-hydrogen) atoms. The van der Waals surface area contributed by atoms with Crippen molar-refractivity contribution in [2.45, 2.75) is 19.9 Å². The maximum Gasteiger partial charge on any atom is 0.329 e. The minimum atomic E-state index is -0.847. The second-order valence-electron chi connectivity index (χ2n) is 4.78. The molecule has 0 radical (unpaired) electrons. The molecule has 0 saturated heterocycles. The minimum absolute atomic E-state index is 0.190. The number of halogens is 1. The van der Waals surface area contributed by atoms with Gasteiger partial charge in [-0.3, -0.25) is 9.59 Å². The summed E-state index contributed by atoms with van der Waals surface area (Å²) in [5, 5.41) is 2.59. The van der Waals surface area contributed by atoms with Gasteiger partial charge in [0.15, 0.2) is 6.61 Å². The number of ether oxygens (including phenoxy) is 1. The number of benzene rings is 1. The molecule has 114 valence electrons. The maximum absolute atomic E-state index is 12.1. The Morgan fingerprint density at radius 2 is 1.81 bits per heavy atom. The van der Waals surface area contributed by atoms with E-state index < -0.39 is 30.4 Å². The van der Waals surface area contributed by atoms with Crippen LogP contribution in [-0.4, -0.2) is 30.4 Å². The first-order valence-corrected chi connectivity index (χ1v) is 7.12. The van der Waals surface area contributed by atoms with Gasteiger partial charge in [-0.05, 0) is 30.2 Å². The molecule has 6 nitrogen and oxygen atoms in total.